The number of amides is 1. The number of ether oxygens (including phenoxy) is 2. The molecule has 0 saturated heterocycles. The molecular formula is C18H20FNO3. The lowest BCUT2D eigenvalue weighted by Gasteiger charge is -2.14. The van der Waals surface area contributed by atoms with Gasteiger partial charge in [-0.25, -0.2) is 9.18 Å². The van der Waals surface area contributed by atoms with Gasteiger partial charge in [0.15, 0.2) is 11.6 Å². The van der Waals surface area contributed by atoms with Crippen LogP contribution in [0.4, 0.5) is 14.9 Å². The van der Waals surface area contributed by atoms with Crippen LogP contribution in [0.15, 0.2) is 36.4 Å². The molecule has 23 heavy (non-hydrogen) atoms. The van der Waals surface area contributed by atoms with Crippen LogP contribution in [0.25, 0.3) is 0 Å². The Hall–Kier alpha value is -2.56. The highest BCUT2D eigenvalue weighted by Gasteiger charge is 2.11. The van der Waals surface area contributed by atoms with E-state index in [0.717, 1.165) is 23.1 Å². The van der Waals surface area contributed by atoms with Crippen LogP contribution in [0, 0.1) is 12.7 Å². The fraction of sp³-hybridized carbons (Fsp3) is 0.278. The second-order valence-electron chi connectivity index (χ2n) is 5.12. The number of hydrogen-bond donors (Lipinski definition) is 1. The zero-order valence-electron chi connectivity index (χ0n) is 13.5. The lowest BCUT2D eigenvalue weighted by molar-refractivity contribution is 0.187. The molecule has 4 nitrogen and oxygen atoms in total. The SMILES string of the molecule is CCc1ccc(OCc2c(C)cccc2NC(=O)OC)c(F)c1. The van der Waals surface area contributed by atoms with E-state index in [9.17, 15) is 9.18 Å². The minimum atomic E-state index is -0.560. The largest absolute Gasteiger partial charge is 0.486 e. The van der Waals surface area contributed by atoms with Crippen molar-refractivity contribution in [3.05, 3.63) is 58.9 Å². The third-order valence-corrected chi connectivity index (χ3v) is 3.61. The van der Waals surface area contributed by atoms with Gasteiger partial charge in [0.25, 0.3) is 0 Å². The van der Waals surface area contributed by atoms with Gasteiger partial charge in [0.05, 0.1) is 12.8 Å². The fourth-order valence-electron chi connectivity index (χ4n) is 2.20. The van der Waals surface area contributed by atoms with Gasteiger partial charge in [-0.15, -0.1) is 0 Å². The van der Waals surface area contributed by atoms with E-state index < -0.39 is 6.09 Å². The normalized spacial score (nSPS) is 10.3. The van der Waals surface area contributed by atoms with Crippen LogP contribution in [-0.4, -0.2) is 13.2 Å². The number of anilines is 1. The van der Waals surface area contributed by atoms with E-state index in [-0.39, 0.29) is 18.2 Å². The molecule has 0 fully saturated rings. The van der Waals surface area contributed by atoms with Gasteiger partial charge in [-0.05, 0) is 42.7 Å². The van der Waals surface area contributed by atoms with Crippen LogP contribution >= 0.6 is 0 Å². The number of halogens is 1. The number of carbonyl (C=O) groups is 1. The summed E-state index contributed by atoms with van der Waals surface area (Å²) in [4.78, 5) is 11.4. The number of aryl methyl sites for hydroxylation is 2. The van der Waals surface area contributed by atoms with E-state index in [0.29, 0.717) is 5.69 Å². The molecule has 2 rings (SSSR count). The van der Waals surface area contributed by atoms with Gasteiger partial charge in [-0.3, -0.25) is 5.32 Å². The highest BCUT2D eigenvalue weighted by Crippen LogP contribution is 2.24. The Bertz CT molecular complexity index is 701. The van der Waals surface area contributed by atoms with Gasteiger partial charge in [-0.2, -0.15) is 0 Å². The van der Waals surface area contributed by atoms with Crippen molar-refractivity contribution in [3.8, 4) is 5.75 Å². The van der Waals surface area contributed by atoms with Gasteiger partial charge in [0.2, 0.25) is 0 Å². The quantitative estimate of drug-likeness (QED) is 0.886. The second-order valence-corrected chi connectivity index (χ2v) is 5.12. The summed E-state index contributed by atoms with van der Waals surface area (Å²) in [5, 5.41) is 2.64. The number of benzene rings is 2. The average Bonchev–Trinajstić information content (AvgIpc) is 2.55. The molecule has 0 aliphatic carbocycles. The van der Waals surface area contributed by atoms with Gasteiger partial charge in [0, 0.05) is 5.56 Å². The van der Waals surface area contributed by atoms with Crippen LogP contribution in [0.5, 0.6) is 5.75 Å². The molecule has 0 aliphatic rings. The fourth-order valence-corrected chi connectivity index (χ4v) is 2.20. The number of methoxy groups -OCH3 is 1. The molecule has 2 aromatic rings. The molecular weight excluding hydrogens is 297 g/mol. The first-order chi connectivity index (χ1) is 11.0. The molecule has 5 heteroatoms. The summed E-state index contributed by atoms with van der Waals surface area (Å²) in [7, 11) is 1.30. The maximum absolute atomic E-state index is 14.0. The standard InChI is InChI=1S/C18H20FNO3/c1-4-13-8-9-17(15(19)10-13)23-11-14-12(2)6-5-7-16(14)20-18(21)22-3/h5-10H,4,11H2,1-3H3,(H,20,21). The number of carbonyl (C=O) groups excluding carboxylic acids is 1. The minimum Gasteiger partial charge on any atom is -0.486 e. The van der Waals surface area contributed by atoms with Crippen molar-refractivity contribution in [1.29, 1.82) is 0 Å². The summed E-state index contributed by atoms with van der Waals surface area (Å²) in [6.45, 7) is 4.01. The number of hydrogen-bond acceptors (Lipinski definition) is 3. The van der Waals surface area contributed by atoms with Crippen LogP contribution in [0.2, 0.25) is 0 Å². The molecule has 122 valence electrons. The van der Waals surface area contributed by atoms with Crippen molar-refractivity contribution in [2.24, 2.45) is 0 Å². The first-order valence-electron chi connectivity index (χ1n) is 7.39. The summed E-state index contributed by atoms with van der Waals surface area (Å²) in [5.74, 6) is -0.199. The second kappa shape index (κ2) is 7.63. The maximum Gasteiger partial charge on any atom is 0.411 e. The summed E-state index contributed by atoms with van der Waals surface area (Å²) in [5.41, 5.74) is 3.21. The van der Waals surface area contributed by atoms with Crippen LogP contribution in [0.1, 0.15) is 23.6 Å². The third kappa shape index (κ3) is 4.22. The van der Waals surface area contributed by atoms with Gasteiger partial charge in [0.1, 0.15) is 6.61 Å². The van der Waals surface area contributed by atoms with Crippen molar-refractivity contribution in [2.75, 3.05) is 12.4 Å². The first-order valence-corrected chi connectivity index (χ1v) is 7.39. The molecule has 0 spiro atoms. The van der Waals surface area contributed by atoms with Crippen molar-refractivity contribution >= 4 is 11.8 Å². The number of nitrogens with one attached hydrogen (secondary N) is 1. The predicted molar refractivity (Wildman–Crippen MR) is 87.3 cm³/mol. The molecule has 0 atom stereocenters. The maximum atomic E-state index is 14.0. The smallest absolute Gasteiger partial charge is 0.411 e. The van der Waals surface area contributed by atoms with Gasteiger partial charge >= 0.3 is 6.09 Å². The van der Waals surface area contributed by atoms with Crippen LogP contribution in [-0.2, 0) is 17.8 Å². The number of rotatable bonds is 5. The summed E-state index contributed by atoms with van der Waals surface area (Å²) < 4.78 is 24.2. The monoisotopic (exact) mass is 317 g/mol. The molecule has 0 unspecified atom stereocenters. The Labute approximate surface area is 135 Å². The molecule has 0 heterocycles. The van der Waals surface area contributed by atoms with Gasteiger partial charge in [-0.1, -0.05) is 25.1 Å². The minimum absolute atomic E-state index is 0.147. The predicted octanol–water partition coefficient (Wildman–Crippen LogP) is 4.45. The summed E-state index contributed by atoms with van der Waals surface area (Å²) in [6, 6.07) is 10.4. The van der Waals surface area contributed by atoms with E-state index in [4.69, 9.17) is 4.74 Å². The van der Waals surface area contributed by atoms with Crippen molar-refractivity contribution in [2.45, 2.75) is 26.9 Å². The lowest BCUT2D eigenvalue weighted by Crippen LogP contribution is -2.14. The van der Waals surface area contributed by atoms with Crippen molar-refractivity contribution < 1.29 is 18.7 Å². The highest BCUT2D eigenvalue weighted by molar-refractivity contribution is 5.85. The van der Waals surface area contributed by atoms with E-state index in [1.807, 2.05) is 32.0 Å². The molecule has 2 aromatic carbocycles. The molecule has 0 aliphatic heterocycles. The molecule has 1 N–H and O–H groups in total. The van der Waals surface area contributed by atoms with Crippen molar-refractivity contribution in [1.82, 2.24) is 0 Å². The Kier molecular flexibility index (Phi) is 5.57. The topological polar surface area (TPSA) is 47.6 Å². The zero-order valence-corrected chi connectivity index (χ0v) is 13.5. The van der Waals surface area contributed by atoms with E-state index in [1.54, 1.807) is 12.1 Å². The Morgan fingerprint density at radius 3 is 2.70 bits per heavy atom. The van der Waals surface area contributed by atoms with Crippen LogP contribution in [0.3, 0.4) is 0 Å². The summed E-state index contributed by atoms with van der Waals surface area (Å²) >= 11 is 0. The third-order valence-electron chi connectivity index (χ3n) is 3.61. The first kappa shape index (κ1) is 16.8. The van der Waals surface area contributed by atoms with Crippen molar-refractivity contribution in [3.63, 3.8) is 0 Å². The Balaban J connectivity index is 2.18. The molecule has 0 saturated carbocycles. The van der Waals surface area contributed by atoms with Crippen LogP contribution < -0.4 is 10.1 Å². The molecule has 1 amide bonds. The van der Waals surface area contributed by atoms with E-state index in [1.165, 1.54) is 13.2 Å². The Morgan fingerprint density at radius 2 is 2.04 bits per heavy atom. The molecule has 0 radical (unpaired) electrons. The lowest BCUT2D eigenvalue weighted by atomic mass is 10.1. The molecule has 0 aromatic heterocycles. The van der Waals surface area contributed by atoms with Gasteiger partial charge < -0.3 is 9.47 Å². The van der Waals surface area contributed by atoms with E-state index in [2.05, 4.69) is 10.1 Å². The molecule has 0 bridgehead atoms. The Morgan fingerprint density at radius 1 is 1.26 bits per heavy atom. The van der Waals surface area contributed by atoms with E-state index >= 15 is 0 Å². The summed E-state index contributed by atoms with van der Waals surface area (Å²) in [6.07, 6.45) is 0.206. The average molecular weight is 317 g/mol. The zero-order chi connectivity index (χ0) is 16.8. The highest BCUT2D eigenvalue weighted by atomic mass is 19.1.